The molecule has 1 N–H and O–H groups in total. The van der Waals surface area contributed by atoms with Crippen LogP contribution in [0.25, 0.3) is 0 Å². The molecule has 1 saturated heterocycles. The first-order chi connectivity index (χ1) is 10.9. The maximum atomic E-state index is 12.7. The van der Waals surface area contributed by atoms with Gasteiger partial charge in [0.25, 0.3) is 0 Å². The number of carbonyl (C=O) groups excluding carboxylic acids is 1. The smallest absolute Gasteiger partial charge is 0.244 e. The molecule has 1 amide bonds. The zero-order chi connectivity index (χ0) is 17.0. The molecule has 0 radical (unpaired) electrons. The van der Waals surface area contributed by atoms with Crippen molar-refractivity contribution in [3.8, 4) is 0 Å². The van der Waals surface area contributed by atoms with Crippen LogP contribution in [0.4, 0.5) is 0 Å². The van der Waals surface area contributed by atoms with E-state index in [1.165, 1.54) is 10.4 Å². The van der Waals surface area contributed by atoms with Gasteiger partial charge in [0.15, 0.2) is 0 Å². The summed E-state index contributed by atoms with van der Waals surface area (Å²) >= 11 is 9.34. The molecule has 1 heterocycles. The van der Waals surface area contributed by atoms with E-state index < -0.39 is 10.0 Å². The molecule has 0 atom stereocenters. The molecule has 1 aliphatic rings. The highest BCUT2D eigenvalue weighted by atomic mass is 79.9. The van der Waals surface area contributed by atoms with Crippen molar-refractivity contribution in [3.63, 3.8) is 0 Å². The number of rotatable bonds is 5. The van der Waals surface area contributed by atoms with Crippen LogP contribution in [0.15, 0.2) is 27.6 Å². The number of amides is 1. The highest BCUT2D eigenvalue weighted by Crippen LogP contribution is 2.30. The molecule has 0 saturated carbocycles. The fourth-order valence-electron chi connectivity index (χ4n) is 2.57. The molecule has 128 valence electrons. The summed E-state index contributed by atoms with van der Waals surface area (Å²) in [6.07, 6.45) is 1.95. The normalized spacial score (nSPS) is 17.2. The molecule has 0 spiro atoms. The van der Waals surface area contributed by atoms with Gasteiger partial charge in [-0.15, -0.1) is 0 Å². The Hall–Kier alpha value is -0.630. The lowest BCUT2D eigenvalue weighted by Gasteiger charge is -2.30. The van der Waals surface area contributed by atoms with E-state index in [9.17, 15) is 13.2 Å². The lowest BCUT2D eigenvalue weighted by Crippen LogP contribution is -2.43. The second-order valence-corrected chi connectivity index (χ2v) is 8.77. The van der Waals surface area contributed by atoms with Gasteiger partial charge in [0, 0.05) is 30.0 Å². The molecule has 1 fully saturated rings. The number of piperidine rings is 1. The fraction of sp³-hybridized carbons (Fsp3) is 0.533. The summed E-state index contributed by atoms with van der Waals surface area (Å²) in [6.45, 7) is 3.32. The number of benzene rings is 1. The van der Waals surface area contributed by atoms with Crippen LogP contribution >= 0.6 is 27.5 Å². The Bertz CT molecular complexity index is 673. The van der Waals surface area contributed by atoms with Crippen LogP contribution in [0.2, 0.25) is 5.02 Å². The Balaban J connectivity index is 2.05. The third-order valence-electron chi connectivity index (χ3n) is 3.89. The van der Waals surface area contributed by atoms with Crippen LogP contribution in [0.3, 0.4) is 0 Å². The second kappa shape index (κ2) is 7.96. The number of hydrogen-bond acceptors (Lipinski definition) is 3. The summed E-state index contributed by atoms with van der Waals surface area (Å²) in [6, 6.07) is 4.73. The number of carbonyl (C=O) groups is 1. The highest BCUT2D eigenvalue weighted by molar-refractivity contribution is 9.10. The first-order valence-corrected chi connectivity index (χ1v) is 10.2. The topological polar surface area (TPSA) is 66.5 Å². The average molecular weight is 424 g/mol. The lowest BCUT2D eigenvalue weighted by atomic mass is 9.97. The van der Waals surface area contributed by atoms with Crippen molar-refractivity contribution in [2.45, 2.75) is 31.1 Å². The van der Waals surface area contributed by atoms with Gasteiger partial charge in [-0.05, 0) is 37.5 Å². The SMILES string of the molecule is CCCNC(=O)C1CCN(S(=O)(=O)c2ccc(Br)cc2Cl)CC1. The zero-order valence-electron chi connectivity index (χ0n) is 12.9. The van der Waals surface area contributed by atoms with Gasteiger partial charge in [-0.1, -0.05) is 34.5 Å². The van der Waals surface area contributed by atoms with Crippen LogP contribution in [0.1, 0.15) is 26.2 Å². The molecule has 2 rings (SSSR count). The number of sulfonamides is 1. The highest BCUT2D eigenvalue weighted by Gasteiger charge is 2.33. The van der Waals surface area contributed by atoms with Crippen molar-refractivity contribution in [2.24, 2.45) is 5.92 Å². The second-order valence-electron chi connectivity index (χ2n) is 5.54. The summed E-state index contributed by atoms with van der Waals surface area (Å²) in [7, 11) is -3.63. The van der Waals surface area contributed by atoms with Gasteiger partial charge in [0.05, 0.1) is 5.02 Å². The Labute approximate surface area is 150 Å². The van der Waals surface area contributed by atoms with Gasteiger partial charge in [-0.3, -0.25) is 4.79 Å². The molecular weight excluding hydrogens is 404 g/mol. The summed E-state index contributed by atoms with van der Waals surface area (Å²) in [5.74, 6) is -0.0982. The van der Waals surface area contributed by atoms with Crippen molar-refractivity contribution < 1.29 is 13.2 Å². The van der Waals surface area contributed by atoms with E-state index in [-0.39, 0.29) is 21.7 Å². The molecule has 0 unspecified atom stereocenters. The predicted molar refractivity (Wildman–Crippen MR) is 93.9 cm³/mol. The fourth-order valence-corrected chi connectivity index (χ4v) is 5.06. The van der Waals surface area contributed by atoms with Gasteiger partial charge in [0.2, 0.25) is 15.9 Å². The van der Waals surface area contributed by atoms with E-state index in [0.717, 1.165) is 10.9 Å². The summed E-state index contributed by atoms with van der Waals surface area (Å²) < 4.78 is 27.5. The summed E-state index contributed by atoms with van der Waals surface area (Å²) in [5.41, 5.74) is 0. The van der Waals surface area contributed by atoms with Crippen LogP contribution in [-0.4, -0.2) is 38.3 Å². The first kappa shape index (κ1) is 18.7. The third-order valence-corrected chi connectivity index (χ3v) is 6.76. The number of nitrogens with zero attached hydrogens (tertiary/aromatic N) is 1. The van der Waals surface area contributed by atoms with Crippen LogP contribution < -0.4 is 5.32 Å². The Morgan fingerprint density at radius 2 is 2.04 bits per heavy atom. The van der Waals surface area contributed by atoms with Crippen LogP contribution in [0, 0.1) is 5.92 Å². The Kier molecular flexibility index (Phi) is 6.48. The lowest BCUT2D eigenvalue weighted by molar-refractivity contribution is -0.126. The molecule has 1 aliphatic heterocycles. The third kappa shape index (κ3) is 4.47. The van der Waals surface area contributed by atoms with Gasteiger partial charge in [-0.2, -0.15) is 4.31 Å². The molecule has 8 heteroatoms. The zero-order valence-corrected chi connectivity index (χ0v) is 16.0. The monoisotopic (exact) mass is 422 g/mol. The maximum Gasteiger partial charge on any atom is 0.244 e. The Morgan fingerprint density at radius 1 is 1.39 bits per heavy atom. The number of hydrogen-bond donors (Lipinski definition) is 1. The summed E-state index contributed by atoms with van der Waals surface area (Å²) in [4.78, 5) is 12.1. The van der Waals surface area contributed by atoms with Gasteiger partial charge in [-0.25, -0.2) is 8.42 Å². The minimum absolute atomic E-state index is 0.0190. The predicted octanol–water partition coefficient (Wildman–Crippen LogP) is 3.03. The molecule has 1 aromatic rings. The van der Waals surface area contributed by atoms with E-state index in [1.807, 2.05) is 6.92 Å². The number of nitrogens with one attached hydrogen (secondary N) is 1. The molecular formula is C15H20BrClN2O3S. The van der Waals surface area contributed by atoms with Crippen molar-refractivity contribution in [1.82, 2.24) is 9.62 Å². The maximum absolute atomic E-state index is 12.7. The molecule has 1 aromatic carbocycles. The van der Waals surface area contributed by atoms with Crippen molar-refractivity contribution in [3.05, 3.63) is 27.7 Å². The standard InChI is InChI=1S/C15H20BrClN2O3S/c1-2-7-18-15(20)11-5-8-19(9-6-11)23(21,22)14-4-3-12(16)10-13(14)17/h3-4,10-11H,2,5-9H2,1H3,(H,18,20). The van der Waals surface area contributed by atoms with E-state index in [0.29, 0.717) is 32.5 Å². The van der Waals surface area contributed by atoms with Crippen molar-refractivity contribution >= 4 is 43.5 Å². The van der Waals surface area contributed by atoms with E-state index in [1.54, 1.807) is 12.1 Å². The largest absolute Gasteiger partial charge is 0.356 e. The van der Waals surface area contributed by atoms with E-state index in [2.05, 4.69) is 21.2 Å². The molecule has 0 aliphatic carbocycles. The van der Waals surface area contributed by atoms with E-state index >= 15 is 0 Å². The van der Waals surface area contributed by atoms with Crippen molar-refractivity contribution in [2.75, 3.05) is 19.6 Å². The van der Waals surface area contributed by atoms with E-state index in [4.69, 9.17) is 11.6 Å². The molecule has 0 aromatic heterocycles. The van der Waals surface area contributed by atoms with Gasteiger partial charge >= 0.3 is 0 Å². The van der Waals surface area contributed by atoms with Gasteiger partial charge in [0.1, 0.15) is 4.90 Å². The quantitative estimate of drug-likeness (QED) is 0.791. The van der Waals surface area contributed by atoms with Crippen LogP contribution in [0.5, 0.6) is 0 Å². The number of halogens is 2. The Morgan fingerprint density at radius 3 is 2.61 bits per heavy atom. The minimum atomic E-state index is -3.63. The van der Waals surface area contributed by atoms with Crippen molar-refractivity contribution in [1.29, 1.82) is 0 Å². The van der Waals surface area contributed by atoms with Gasteiger partial charge < -0.3 is 5.32 Å². The average Bonchev–Trinajstić information content (AvgIpc) is 2.52. The molecule has 23 heavy (non-hydrogen) atoms. The minimum Gasteiger partial charge on any atom is -0.356 e. The first-order valence-electron chi connectivity index (χ1n) is 7.59. The molecule has 5 nitrogen and oxygen atoms in total. The van der Waals surface area contributed by atoms with Crippen LogP contribution in [-0.2, 0) is 14.8 Å². The molecule has 0 bridgehead atoms. The summed E-state index contributed by atoms with van der Waals surface area (Å²) in [5, 5.41) is 3.07.